The molecule has 118 valence electrons. The first-order valence-electron chi connectivity index (χ1n) is 8.32. The summed E-state index contributed by atoms with van der Waals surface area (Å²) in [5.74, 6) is 1.82. The quantitative estimate of drug-likeness (QED) is 0.835. The molecule has 1 aromatic rings. The number of nitrogens with one attached hydrogen (secondary N) is 1. The Labute approximate surface area is 129 Å². The fourth-order valence-electron chi connectivity index (χ4n) is 2.73. The molecule has 1 fully saturated rings. The molecule has 0 saturated carbocycles. The van der Waals surface area contributed by atoms with Crippen LogP contribution in [0.5, 0.6) is 0 Å². The van der Waals surface area contributed by atoms with Crippen LogP contribution in [0.15, 0.2) is 18.3 Å². The number of anilines is 1. The highest BCUT2D eigenvalue weighted by Crippen LogP contribution is 2.14. The third kappa shape index (κ3) is 5.29. The van der Waals surface area contributed by atoms with Crippen LogP contribution in [-0.2, 0) is 6.54 Å². The standard InChI is InChI=1S/C17H30N4/c1-4-7-20-8-10-21(11-9-20)17-6-5-16(14-19-17)13-18-12-15(2)3/h5-6,14-15,18H,4,7-13H2,1-3H3. The maximum atomic E-state index is 4.64. The van der Waals surface area contributed by atoms with Crippen molar-refractivity contribution in [3.05, 3.63) is 23.9 Å². The van der Waals surface area contributed by atoms with Gasteiger partial charge in [0, 0.05) is 38.9 Å². The van der Waals surface area contributed by atoms with Gasteiger partial charge in [0.05, 0.1) is 0 Å². The van der Waals surface area contributed by atoms with Crippen molar-refractivity contribution in [1.82, 2.24) is 15.2 Å². The van der Waals surface area contributed by atoms with Gasteiger partial charge in [-0.05, 0) is 37.1 Å². The van der Waals surface area contributed by atoms with Crippen LogP contribution in [-0.4, -0.2) is 49.2 Å². The van der Waals surface area contributed by atoms with Crippen LogP contribution in [0, 0.1) is 5.92 Å². The van der Waals surface area contributed by atoms with Gasteiger partial charge in [0.15, 0.2) is 0 Å². The first-order valence-corrected chi connectivity index (χ1v) is 8.32. The fourth-order valence-corrected chi connectivity index (χ4v) is 2.73. The van der Waals surface area contributed by atoms with Crippen LogP contribution in [0.25, 0.3) is 0 Å². The first kappa shape index (κ1) is 16.2. The number of hydrogen-bond acceptors (Lipinski definition) is 4. The smallest absolute Gasteiger partial charge is 0.128 e. The molecular weight excluding hydrogens is 260 g/mol. The van der Waals surface area contributed by atoms with Gasteiger partial charge in [-0.15, -0.1) is 0 Å². The zero-order valence-corrected chi connectivity index (χ0v) is 13.8. The summed E-state index contributed by atoms with van der Waals surface area (Å²) in [6, 6.07) is 4.37. The van der Waals surface area contributed by atoms with Gasteiger partial charge >= 0.3 is 0 Å². The van der Waals surface area contributed by atoms with E-state index in [-0.39, 0.29) is 0 Å². The van der Waals surface area contributed by atoms with E-state index in [0.29, 0.717) is 5.92 Å². The summed E-state index contributed by atoms with van der Waals surface area (Å²) in [6.07, 6.45) is 3.26. The zero-order valence-electron chi connectivity index (χ0n) is 13.8. The van der Waals surface area contributed by atoms with Gasteiger partial charge < -0.3 is 10.2 Å². The minimum atomic E-state index is 0.691. The van der Waals surface area contributed by atoms with Gasteiger partial charge in [-0.1, -0.05) is 26.8 Å². The van der Waals surface area contributed by atoms with E-state index in [1.165, 1.54) is 18.5 Å². The number of pyridine rings is 1. The second-order valence-electron chi connectivity index (χ2n) is 6.38. The maximum Gasteiger partial charge on any atom is 0.128 e. The predicted octanol–water partition coefficient (Wildman–Crippen LogP) is 2.36. The monoisotopic (exact) mass is 290 g/mol. The molecule has 1 aliphatic heterocycles. The highest BCUT2D eigenvalue weighted by atomic mass is 15.3. The number of piperazine rings is 1. The van der Waals surface area contributed by atoms with Crippen LogP contribution in [0.4, 0.5) is 5.82 Å². The van der Waals surface area contributed by atoms with E-state index < -0.39 is 0 Å². The molecule has 2 heterocycles. The lowest BCUT2D eigenvalue weighted by atomic mass is 10.2. The molecule has 1 saturated heterocycles. The van der Waals surface area contributed by atoms with E-state index in [0.717, 1.165) is 45.1 Å². The van der Waals surface area contributed by atoms with E-state index in [1.54, 1.807) is 0 Å². The molecule has 21 heavy (non-hydrogen) atoms. The lowest BCUT2D eigenvalue weighted by Crippen LogP contribution is -2.46. The highest BCUT2D eigenvalue weighted by Gasteiger charge is 2.16. The lowest BCUT2D eigenvalue weighted by Gasteiger charge is -2.35. The molecule has 0 spiro atoms. The minimum Gasteiger partial charge on any atom is -0.354 e. The van der Waals surface area contributed by atoms with Gasteiger partial charge in [-0.25, -0.2) is 4.98 Å². The highest BCUT2D eigenvalue weighted by molar-refractivity contribution is 5.39. The van der Waals surface area contributed by atoms with Crippen molar-refractivity contribution in [2.75, 3.05) is 44.2 Å². The average Bonchev–Trinajstić information content (AvgIpc) is 2.49. The third-order valence-electron chi connectivity index (χ3n) is 3.93. The molecule has 4 heteroatoms. The number of nitrogens with zero attached hydrogens (tertiary/aromatic N) is 3. The Morgan fingerprint density at radius 3 is 2.52 bits per heavy atom. The molecule has 0 unspecified atom stereocenters. The number of hydrogen-bond donors (Lipinski definition) is 1. The van der Waals surface area contributed by atoms with Crippen molar-refractivity contribution in [2.45, 2.75) is 33.7 Å². The van der Waals surface area contributed by atoms with Gasteiger partial charge in [0.2, 0.25) is 0 Å². The van der Waals surface area contributed by atoms with Crippen molar-refractivity contribution in [1.29, 1.82) is 0 Å². The van der Waals surface area contributed by atoms with E-state index in [9.17, 15) is 0 Å². The summed E-state index contributed by atoms with van der Waals surface area (Å²) in [4.78, 5) is 9.58. The largest absolute Gasteiger partial charge is 0.354 e. The van der Waals surface area contributed by atoms with Crippen LogP contribution < -0.4 is 10.2 Å². The Balaban J connectivity index is 1.79. The van der Waals surface area contributed by atoms with E-state index in [4.69, 9.17) is 0 Å². The normalized spacial score (nSPS) is 16.7. The molecule has 0 aliphatic carbocycles. The van der Waals surface area contributed by atoms with Gasteiger partial charge in [0.25, 0.3) is 0 Å². The summed E-state index contributed by atoms with van der Waals surface area (Å²) in [6.45, 7) is 14.4. The summed E-state index contributed by atoms with van der Waals surface area (Å²) < 4.78 is 0. The topological polar surface area (TPSA) is 31.4 Å². The molecule has 1 aromatic heterocycles. The Bertz CT molecular complexity index is 394. The van der Waals surface area contributed by atoms with Gasteiger partial charge in [-0.3, -0.25) is 4.90 Å². The van der Waals surface area contributed by atoms with Gasteiger partial charge in [-0.2, -0.15) is 0 Å². The predicted molar refractivity (Wildman–Crippen MR) is 89.7 cm³/mol. The molecule has 0 amide bonds. The van der Waals surface area contributed by atoms with Crippen molar-refractivity contribution in [2.24, 2.45) is 5.92 Å². The van der Waals surface area contributed by atoms with E-state index >= 15 is 0 Å². The molecule has 2 rings (SSSR count). The van der Waals surface area contributed by atoms with E-state index in [1.807, 2.05) is 6.20 Å². The third-order valence-corrected chi connectivity index (χ3v) is 3.93. The van der Waals surface area contributed by atoms with E-state index in [2.05, 4.69) is 53.0 Å². The molecule has 4 nitrogen and oxygen atoms in total. The van der Waals surface area contributed by atoms with Crippen LogP contribution in [0.1, 0.15) is 32.8 Å². The minimum absolute atomic E-state index is 0.691. The average molecular weight is 290 g/mol. The Morgan fingerprint density at radius 2 is 1.95 bits per heavy atom. The fraction of sp³-hybridized carbons (Fsp3) is 0.706. The zero-order chi connectivity index (χ0) is 15.1. The summed E-state index contributed by atoms with van der Waals surface area (Å²) in [7, 11) is 0. The second-order valence-corrected chi connectivity index (χ2v) is 6.38. The van der Waals surface area contributed by atoms with Crippen LogP contribution in [0.3, 0.4) is 0 Å². The molecule has 1 aliphatic rings. The number of rotatable bonds is 7. The Hall–Kier alpha value is -1.13. The van der Waals surface area contributed by atoms with Crippen molar-refractivity contribution in [3.63, 3.8) is 0 Å². The van der Waals surface area contributed by atoms with Crippen molar-refractivity contribution >= 4 is 5.82 Å². The molecule has 0 aromatic carbocycles. The lowest BCUT2D eigenvalue weighted by molar-refractivity contribution is 0.258. The molecule has 0 radical (unpaired) electrons. The molecule has 0 bridgehead atoms. The Kier molecular flexibility index (Phi) is 6.46. The van der Waals surface area contributed by atoms with Crippen LogP contribution in [0.2, 0.25) is 0 Å². The Morgan fingerprint density at radius 1 is 1.19 bits per heavy atom. The molecule has 1 N–H and O–H groups in total. The number of aromatic nitrogens is 1. The summed E-state index contributed by atoms with van der Waals surface area (Å²) >= 11 is 0. The van der Waals surface area contributed by atoms with Crippen molar-refractivity contribution < 1.29 is 0 Å². The SMILES string of the molecule is CCCN1CCN(c2ccc(CNCC(C)C)cn2)CC1. The maximum absolute atomic E-state index is 4.64. The first-order chi connectivity index (χ1) is 10.2. The molecular formula is C17H30N4. The summed E-state index contributed by atoms with van der Waals surface area (Å²) in [5.41, 5.74) is 1.27. The van der Waals surface area contributed by atoms with Crippen LogP contribution >= 0.6 is 0 Å². The summed E-state index contributed by atoms with van der Waals surface area (Å²) in [5, 5.41) is 3.46. The second kappa shape index (κ2) is 8.35. The molecule has 0 atom stereocenters. The van der Waals surface area contributed by atoms with Gasteiger partial charge in [0.1, 0.15) is 5.82 Å². The van der Waals surface area contributed by atoms with Crippen molar-refractivity contribution in [3.8, 4) is 0 Å².